The highest BCUT2D eigenvalue weighted by Gasteiger charge is 2.10. The van der Waals surface area contributed by atoms with E-state index in [2.05, 4.69) is 0 Å². The second kappa shape index (κ2) is 4.67. The summed E-state index contributed by atoms with van der Waals surface area (Å²) in [5.41, 5.74) is 0.679. The molecule has 0 saturated carbocycles. The van der Waals surface area contributed by atoms with Crippen LogP contribution < -0.4 is 0 Å². The second-order valence-electron chi connectivity index (χ2n) is 2.25. The Morgan fingerprint density at radius 3 is 2.58 bits per heavy atom. The van der Waals surface area contributed by atoms with Gasteiger partial charge in [0.25, 0.3) is 6.43 Å². The standard InChI is InChI=1S/C8H7ClF2S/c9-12-5-6-3-1-2-4-7(6)8(10)11/h1-4,8H,5H2. The Hall–Kier alpha value is -0.280. The largest absolute Gasteiger partial charge is 0.264 e. The van der Waals surface area contributed by atoms with Gasteiger partial charge in [-0.25, -0.2) is 8.78 Å². The molecule has 0 spiro atoms. The fourth-order valence-corrected chi connectivity index (χ4v) is 1.67. The number of benzene rings is 1. The molecule has 0 nitrogen and oxygen atoms in total. The molecule has 1 rings (SSSR count). The molecule has 0 bridgehead atoms. The average Bonchev–Trinajstić information content (AvgIpc) is 2.05. The fourth-order valence-electron chi connectivity index (χ4n) is 0.937. The van der Waals surface area contributed by atoms with Crippen LogP contribution in [0.2, 0.25) is 0 Å². The van der Waals surface area contributed by atoms with Crippen molar-refractivity contribution in [3.63, 3.8) is 0 Å². The molecule has 0 atom stereocenters. The Bertz CT molecular complexity index is 253. The lowest BCUT2D eigenvalue weighted by Crippen LogP contribution is -1.91. The molecule has 12 heavy (non-hydrogen) atoms. The van der Waals surface area contributed by atoms with Crippen LogP contribution in [-0.2, 0) is 5.75 Å². The first-order chi connectivity index (χ1) is 5.75. The third-order valence-electron chi connectivity index (χ3n) is 1.50. The molecule has 0 N–H and O–H groups in total. The van der Waals surface area contributed by atoms with Gasteiger partial charge in [-0.1, -0.05) is 35.2 Å². The molecule has 0 radical (unpaired) electrons. The smallest absolute Gasteiger partial charge is 0.205 e. The van der Waals surface area contributed by atoms with E-state index < -0.39 is 6.43 Å². The lowest BCUT2D eigenvalue weighted by molar-refractivity contribution is 0.150. The Balaban J connectivity index is 2.92. The summed E-state index contributed by atoms with van der Waals surface area (Å²) in [6.45, 7) is 0. The van der Waals surface area contributed by atoms with Gasteiger partial charge < -0.3 is 0 Å². The van der Waals surface area contributed by atoms with Gasteiger partial charge in [-0.05, 0) is 16.2 Å². The summed E-state index contributed by atoms with van der Waals surface area (Å²) in [7, 11) is 6.41. The third kappa shape index (κ3) is 2.35. The molecule has 1 aromatic rings. The van der Waals surface area contributed by atoms with Crippen molar-refractivity contribution in [1.29, 1.82) is 0 Å². The van der Waals surface area contributed by atoms with E-state index in [1.165, 1.54) is 6.07 Å². The molecule has 0 aromatic heterocycles. The van der Waals surface area contributed by atoms with E-state index in [9.17, 15) is 8.78 Å². The predicted molar refractivity (Wildman–Crippen MR) is 48.5 cm³/mol. The molecular weight excluding hydrogens is 202 g/mol. The third-order valence-corrected chi connectivity index (χ3v) is 2.25. The average molecular weight is 209 g/mol. The van der Waals surface area contributed by atoms with Crippen LogP contribution in [0.25, 0.3) is 0 Å². The first kappa shape index (κ1) is 9.81. The van der Waals surface area contributed by atoms with E-state index in [1.54, 1.807) is 18.2 Å². The van der Waals surface area contributed by atoms with Crippen molar-refractivity contribution < 1.29 is 8.78 Å². The minimum Gasteiger partial charge on any atom is -0.205 e. The summed E-state index contributed by atoms with van der Waals surface area (Å²) < 4.78 is 24.6. The SMILES string of the molecule is FC(F)c1ccccc1CSCl. The molecule has 0 aliphatic heterocycles. The highest BCUT2D eigenvalue weighted by molar-refractivity contribution is 8.20. The van der Waals surface area contributed by atoms with Crippen molar-refractivity contribution >= 4 is 21.7 Å². The van der Waals surface area contributed by atoms with Crippen LogP contribution >= 0.6 is 21.7 Å². The van der Waals surface area contributed by atoms with Crippen LogP contribution in [0.5, 0.6) is 0 Å². The molecule has 0 amide bonds. The quantitative estimate of drug-likeness (QED) is 0.723. The van der Waals surface area contributed by atoms with Crippen LogP contribution in [0.4, 0.5) is 8.78 Å². The summed E-state index contributed by atoms with van der Waals surface area (Å²) in [6, 6.07) is 6.42. The minimum atomic E-state index is -2.41. The van der Waals surface area contributed by atoms with E-state index in [0.29, 0.717) is 11.3 Å². The summed E-state index contributed by atoms with van der Waals surface area (Å²) in [5, 5.41) is 0. The molecule has 0 aliphatic carbocycles. The van der Waals surface area contributed by atoms with Crippen molar-refractivity contribution in [3.05, 3.63) is 35.4 Å². The molecule has 1 aromatic carbocycles. The lowest BCUT2D eigenvalue weighted by Gasteiger charge is -2.05. The van der Waals surface area contributed by atoms with Gasteiger partial charge >= 0.3 is 0 Å². The number of hydrogen-bond donors (Lipinski definition) is 0. The zero-order valence-electron chi connectivity index (χ0n) is 6.14. The Kier molecular flexibility index (Phi) is 3.82. The summed E-state index contributed by atoms with van der Waals surface area (Å²) in [5.74, 6) is 0.419. The van der Waals surface area contributed by atoms with Crippen molar-refractivity contribution in [2.45, 2.75) is 12.2 Å². The topological polar surface area (TPSA) is 0 Å². The molecule has 4 heteroatoms. The van der Waals surface area contributed by atoms with E-state index in [0.717, 1.165) is 11.0 Å². The molecular formula is C8H7ClF2S. The molecule has 0 saturated heterocycles. The van der Waals surface area contributed by atoms with Crippen LogP contribution in [0.15, 0.2) is 24.3 Å². The summed E-state index contributed by atoms with van der Waals surface area (Å²) in [6.07, 6.45) is -2.41. The Morgan fingerprint density at radius 1 is 1.33 bits per heavy atom. The maximum Gasteiger partial charge on any atom is 0.264 e. The predicted octanol–water partition coefficient (Wildman–Crippen LogP) is 4.01. The monoisotopic (exact) mass is 208 g/mol. The van der Waals surface area contributed by atoms with E-state index >= 15 is 0 Å². The Morgan fingerprint density at radius 2 is 2.00 bits per heavy atom. The zero-order valence-corrected chi connectivity index (χ0v) is 7.71. The number of halogens is 3. The van der Waals surface area contributed by atoms with Gasteiger partial charge in [-0.2, -0.15) is 0 Å². The highest BCUT2D eigenvalue weighted by atomic mass is 35.7. The van der Waals surface area contributed by atoms with Gasteiger partial charge in [0.1, 0.15) is 0 Å². The van der Waals surface area contributed by atoms with Crippen molar-refractivity contribution in [2.24, 2.45) is 0 Å². The second-order valence-corrected chi connectivity index (χ2v) is 3.41. The van der Waals surface area contributed by atoms with Crippen LogP contribution in [0, 0.1) is 0 Å². The Labute approximate surface area is 78.4 Å². The van der Waals surface area contributed by atoms with Gasteiger partial charge in [0.2, 0.25) is 0 Å². The summed E-state index contributed by atoms with van der Waals surface area (Å²) in [4.78, 5) is 0. The molecule has 66 valence electrons. The molecule has 0 aliphatic rings. The van der Waals surface area contributed by atoms with Crippen molar-refractivity contribution in [3.8, 4) is 0 Å². The fraction of sp³-hybridized carbons (Fsp3) is 0.250. The molecule has 0 unspecified atom stereocenters. The molecule has 0 heterocycles. The van der Waals surface area contributed by atoms with Crippen LogP contribution in [-0.4, -0.2) is 0 Å². The number of hydrogen-bond acceptors (Lipinski definition) is 1. The molecule has 0 fully saturated rings. The maximum atomic E-state index is 12.3. The maximum absolute atomic E-state index is 12.3. The number of alkyl halides is 2. The van der Waals surface area contributed by atoms with Crippen LogP contribution in [0.1, 0.15) is 17.6 Å². The lowest BCUT2D eigenvalue weighted by atomic mass is 10.1. The minimum absolute atomic E-state index is 0.0747. The van der Waals surface area contributed by atoms with E-state index in [4.69, 9.17) is 10.7 Å². The van der Waals surface area contributed by atoms with Gasteiger partial charge in [0.15, 0.2) is 0 Å². The van der Waals surface area contributed by atoms with E-state index in [1.807, 2.05) is 0 Å². The first-order valence-corrected chi connectivity index (χ1v) is 5.16. The van der Waals surface area contributed by atoms with Gasteiger partial charge in [0, 0.05) is 11.3 Å². The number of rotatable bonds is 3. The van der Waals surface area contributed by atoms with Gasteiger partial charge in [0.05, 0.1) is 0 Å². The van der Waals surface area contributed by atoms with Crippen molar-refractivity contribution in [2.75, 3.05) is 0 Å². The highest BCUT2D eigenvalue weighted by Crippen LogP contribution is 2.26. The van der Waals surface area contributed by atoms with Gasteiger partial charge in [-0.3, -0.25) is 0 Å². The zero-order chi connectivity index (χ0) is 8.97. The van der Waals surface area contributed by atoms with Crippen LogP contribution in [0.3, 0.4) is 0 Å². The van der Waals surface area contributed by atoms with E-state index in [-0.39, 0.29) is 5.56 Å². The first-order valence-electron chi connectivity index (χ1n) is 3.35. The van der Waals surface area contributed by atoms with Gasteiger partial charge in [-0.15, -0.1) is 0 Å². The van der Waals surface area contributed by atoms with Crippen molar-refractivity contribution in [1.82, 2.24) is 0 Å². The normalized spacial score (nSPS) is 10.7. The summed E-state index contributed by atoms with van der Waals surface area (Å²) >= 11 is 0.